The van der Waals surface area contributed by atoms with Crippen molar-refractivity contribution in [1.29, 1.82) is 0 Å². The third kappa shape index (κ3) is 4.90. The van der Waals surface area contributed by atoms with Gasteiger partial charge in [0.05, 0.1) is 17.3 Å². The zero-order valence-electron chi connectivity index (χ0n) is 17.1. The molecule has 0 spiro atoms. The molecule has 3 rings (SSSR count). The molecule has 150 valence electrons. The Bertz CT molecular complexity index is 1020. The van der Waals surface area contributed by atoms with Gasteiger partial charge in [0, 0.05) is 11.9 Å². The Morgan fingerprint density at radius 3 is 2.38 bits per heavy atom. The molecule has 1 heterocycles. The molecule has 0 aliphatic heterocycles. The highest BCUT2D eigenvalue weighted by molar-refractivity contribution is 5.91. The van der Waals surface area contributed by atoms with Crippen LogP contribution in [0.5, 0.6) is 0 Å². The van der Waals surface area contributed by atoms with Crippen LogP contribution < -0.4 is 5.32 Å². The van der Waals surface area contributed by atoms with Crippen LogP contribution in [0.25, 0.3) is 5.69 Å². The Labute approximate surface area is 170 Å². The predicted octanol–water partition coefficient (Wildman–Crippen LogP) is 3.83. The molecule has 1 aromatic heterocycles. The molecule has 0 aliphatic carbocycles. The van der Waals surface area contributed by atoms with E-state index in [0.29, 0.717) is 5.56 Å². The number of carbonyl (C=O) groups is 2. The molecule has 0 saturated carbocycles. The van der Waals surface area contributed by atoms with Crippen LogP contribution in [0.2, 0.25) is 0 Å². The summed E-state index contributed by atoms with van der Waals surface area (Å²) < 4.78 is 6.92. The first kappa shape index (κ1) is 20.3. The lowest BCUT2D eigenvalue weighted by Crippen LogP contribution is -2.31. The van der Waals surface area contributed by atoms with Crippen molar-refractivity contribution in [3.63, 3.8) is 0 Å². The molecule has 2 aromatic carbocycles. The zero-order valence-corrected chi connectivity index (χ0v) is 17.1. The second kappa shape index (κ2) is 8.73. The van der Waals surface area contributed by atoms with Crippen LogP contribution in [0.3, 0.4) is 0 Å². The lowest BCUT2D eigenvalue weighted by atomic mass is 10.0. The smallest absolute Gasteiger partial charge is 0.338 e. The van der Waals surface area contributed by atoms with Crippen LogP contribution in [0.1, 0.15) is 45.7 Å². The monoisotopic (exact) mass is 391 g/mol. The average Bonchev–Trinajstić information content (AvgIpc) is 3.14. The number of aryl methyl sites for hydroxylation is 3. The van der Waals surface area contributed by atoms with Crippen molar-refractivity contribution in [2.24, 2.45) is 0 Å². The van der Waals surface area contributed by atoms with E-state index in [2.05, 4.69) is 16.5 Å². The molecule has 6 nitrogen and oxygen atoms in total. The average molecular weight is 391 g/mol. The lowest BCUT2D eigenvalue weighted by molar-refractivity contribution is -0.124. The summed E-state index contributed by atoms with van der Waals surface area (Å²) in [5.74, 6) is -0.879. The fraction of sp³-hybridized carbons (Fsp3) is 0.261. The first-order valence-electron chi connectivity index (χ1n) is 9.50. The Hall–Kier alpha value is -3.41. The molecule has 1 N–H and O–H groups in total. The van der Waals surface area contributed by atoms with Gasteiger partial charge in [0.2, 0.25) is 0 Å². The highest BCUT2D eigenvalue weighted by Gasteiger charge is 2.14. The lowest BCUT2D eigenvalue weighted by Gasteiger charge is -2.16. The molecular formula is C23H25N3O3. The van der Waals surface area contributed by atoms with Gasteiger partial charge < -0.3 is 10.1 Å². The molecule has 1 amide bonds. The SMILES string of the molecule is Cc1ccc([C@@H](C)NC(=O)COC(=O)c2ccc(-n3nccc3C)cc2)cc1C. The number of nitrogens with one attached hydrogen (secondary N) is 1. The maximum Gasteiger partial charge on any atom is 0.338 e. The summed E-state index contributed by atoms with van der Waals surface area (Å²) >= 11 is 0. The quantitative estimate of drug-likeness (QED) is 0.648. The number of benzene rings is 2. The van der Waals surface area contributed by atoms with Gasteiger partial charge in [-0.05, 0) is 74.7 Å². The Kier molecular flexibility index (Phi) is 6.12. The largest absolute Gasteiger partial charge is 0.452 e. The van der Waals surface area contributed by atoms with Crippen LogP contribution >= 0.6 is 0 Å². The second-order valence-corrected chi connectivity index (χ2v) is 7.14. The van der Waals surface area contributed by atoms with E-state index < -0.39 is 5.97 Å². The van der Waals surface area contributed by atoms with E-state index in [1.54, 1.807) is 35.1 Å². The van der Waals surface area contributed by atoms with Gasteiger partial charge >= 0.3 is 5.97 Å². The molecule has 6 heteroatoms. The van der Waals surface area contributed by atoms with Crippen molar-refractivity contribution < 1.29 is 14.3 Å². The van der Waals surface area contributed by atoms with E-state index in [9.17, 15) is 9.59 Å². The van der Waals surface area contributed by atoms with E-state index >= 15 is 0 Å². The van der Waals surface area contributed by atoms with Gasteiger partial charge in [0.25, 0.3) is 5.91 Å². The second-order valence-electron chi connectivity index (χ2n) is 7.14. The summed E-state index contributed by atoms with van der Waals surface area (Å²) in [7, 11) is 0. The Morgan fingerprint density at radius 1 is 1.03 bits per heavy atom. The molecule has 1 atom stereocenters. The molecule has 0 radical (unpaired) electrons. The van der Waals surface area contributed by atoms with Gasteiger partial charge in [-0.1, -0.05) is 18.2 Å². The number of rotatable bonds is 6. The van der Waals surface area contributed by atoms with E-state index in [0.717, 1.165) is 16.9 Å². The van der Waals surface area contributed by atoms with Crippen molar-refractivity contribution in [3.05, 3.63) is 82.7 Å². The molecule has 0 unspecified atom stereocenters. The summed E-state index contributed by atoms with van der Waals surface area (Å²) in [5, 5.41) is 7.09. The summed E-state index contributed by atoms with van der Waals surface area (Å²) in [6.07, 6.45) is 1.72. The molecule has 3 aromatic rings. The molecular weight excluding hydrogens is 366 g/mol. The van der Waals surface area contributed by atoms with Crippen LogP contribution in [-0.2, 0) is 9.53 Å². The molecule has 29 heavy (non-hydrogen) atoms. The highest BCUT2D eigenvalue weighted by atomic mass is 16.5. The van der Waals surface area contributed by atoms with E-state index in [-0.39, 0.29) is 18.6 Å². The Balaban J connectivity index is 1.53. The fourth-order valence-electron chi connectivity index (χ4n) is 2.99. The maximum atomic E-state index is 12.2. The zero-order chi connectivity index (χ0) is 21.0. The normalized spacial score (nSPS) is 11.7. The van der Waals surface area contributed by atoms with Gasteiger partial charge in [0.1, 0.15) is 0 Å². The van der Waals surface area contributed by atoms with Crippen LogP contribution in [0.4, 0.5) is 0 Å². The third-order valence-electron chi connectivity index (χ3n) is 4.92. The summed E-state index contributed by atoms with van der Waals surface area (Å²) in [6.45, 7) is 7.61. The topological polar surface area (TPSA) is 73.2 Å². The number of nitrogens with zero attached hydrogens (tertiary/aromatic N) is 2. The van der Waals surface area contributed by atoms with E-state index in [1.807, 2.05) is 45.9 Å². The van der Waals surface area contributed by atoms with Gasteiger partial charge in [-0.15, -0.1) is 0 Å². The molecule has 0 bridgehead atoms. The van der Waals surface area contributed by atoms with Crippen molar-refractivity contribution in [1.82, 2.24) is 15.1 Å². The van der Waals surface area contributed by atoms with Gasteiger partial charge in [-0.2, -0.15) is 5.10 Å². The number of esters is 1. The van der Waals surface area contributed by atoms with E-state index in [4.69, 9.17) is 4.74 Å². The predicted molar refractivity (Wildman–Crippen MR) is 111 cm³/mol. The van der Waals surface area contributed by atoms with Crippen LogP contribution in [0, 0.1) is 20.8 Å². The number of amides is 1. The van der Waals surface area contributed by atoms with Crippen molar-refractivity contribution >= 4 is 11.9 Å². The first-order chi connectivity index (χ1) is 13.8. The van der Waals surface area contributed by atoms with Crippen molar-refractivity contribution in [2.45, 2.75) is 33.7 Å². The number of aromatic nitrogens is 2. The van der Waals surface area contributed by atoms with Crippen LogP contribution in [0.15, 0.2) is 54.7 Å². The summed E-state index contributed by atoms with van der Waals surface area (Å²) in [4.78, 5) is 24.4. The fourth-order valence-corrected chi connectivity index (χ4v) is 2.99. The van der Waals surface area contributed by atoms with E-state index in [1.165, 1.54) is 11.1 Å². The summed E-state index contributed by atoms with van der Waals surface area (Å²) in [5.41, 5.74) is 5.61. The molecule has 0 saturated heterocycles. The molecule has 0 aliphatic rings. The Morgan fingerprint density at radius 2 is 1.76 bits per heavy atom. The summed E-state index contributed by atoms with van der Waals surface area (Å²) in [6, 6.07) is 14.7. The maximum absolute atomic E-state index is 12.2. The highest BCUT2D eigenvalue weighted by Crippen LogP contribution is 2.17. The van der Waals surface area contributed by atoms with Gasteiger partial charge in [-0.25, -0.2) is 9.48 Å². The number of ether oxygens (including phenoxy) is 1. The number of carbonyl (C=O) groups excluding carboxylic acids is 2. The number of hydrogen-bond donors (Lipinski definition) is 1. The van der Waals surface area contributed by atoms with Gasteiger partial charge in [-0.3, -0.25) is 4.79 Å². The molecule has 0 fully saturated rings. The number of hydrogen-bond acceptors (Lipinski definition) is 4. The van der Waals surface area contributed by atoms with Crippen LogP contribution in [-0.4, -0.2) is 28.3 Å². The minimum atomic E-state index is -0.539. The minimum absolute atomic E-state index is 0.169. The first-order valence-corrected chi connectivity index (χ1v) is 9.50. The van der Waals surface area contributed by atoms with Gasteiger partial charge in [0.15, 0.2) is 6.61 Å². The van der Waals surface area contributed by atoms with Crippen molar-refractivity contribution in [2.75, 3.05) is 6.61 Å². The third-order valence-corrected chi connectivity index (χ3v) is 4.92. The van der Waals surface area contributed by atoms with Crippen molar-refractivity contribution in [3.8, 4) is 5.69 Å². The minimum Gasteiger partial charge on any atom is -0.452 e. The standard InChI is InChI=1S/C23H25N3O3/c1-15-5-6-20(13-16(15)2)18(4)25-22(27)14-29-23(28)19-7-9-21(10-8-19)26-17(3)11-12-24-26/h5-13,18H,14H2,1-4H3,(H,25,27)/t18-/m1/s1.